The molecule has 5 heteroatoms. The zero-order chi connectivity index (χ0) is 19.9. The van der Waals surface area contributed by atoms with Gasteiger partial charge in [0.05, 0.1) is 18.0 Å². The Morgan fingerprint density at radius 3 is 2.57 bits per heavy atom. The Morgan fingerprint density at radius 2 is 1.93 bits per heavy atom. The number of carbonyl (C=O) groups excluding carboxylic acids is 1. The van der Waals surface area contributed by atoms with Crippen LogP contribution < -0.4 is 4.74 Å². The molecule has 0 aliphatic rings. The van der Waals surface area contributed by atoms with Gasteiger partial charge in [0.2, 0.25) is 5.88 Å². The number of aromatic nitrogens is 2. The summed E-state index contributed by atoms with van der Waals surface area (Å²) in [4.78, 5) is 20.1. The lowest BCUT2D eigenvalue weighted by molar-refractivity contribution is -0.117. The summed E-state index contributed by atoms with van der Waals surface area (Å²) < 4.78 is 5.81. The summed E-state index contributed by atoms with van der Waals surface area (Å²) in [5.74, 6) is 0.379. The monoisotopic (exact) mass is 371 g/mol. The number of benzene rings is 1. The highest BCUT2D eigenvalue weighted by Crippen LogP contribution is 2.33. The standard InChI is InChI=1S/C23H21N3O2/c1-16-8-10-18(11-9-16)19-14-22(21-7-3-4-12-25-21)26-23(20(19)15-24)28-13-5-6-17(2)27/h3-4,7-12,14H,5-6,13H2,1-2H3. The van der Waals surface area contributed by atoms with E-state index in [-0.39, 0.29) is 11.7 Å². The van der Waals surface area contributed by atoms with Crippen molar-refractivity contribution in [2.75, 3.05) is 6.61 Å². The number of hydrogen-bond acceptors (Lipinski definition) is 5. The molecular weight excluding hydrogens is 350 g/mol. The molecule has 0 fully saturated rings. The number of pyridine rings is 2. The van der Waals surface area contributed by atoms with E-state index in [0.29, 0.717) is 36.4 Å². The van der Waals surface area contributed by atoms with Crippen LogP contribution >= 0.6 is 0 Å². The molecule has 2 aromatic heterocycles. The van der Waals surface area contributed by atoms with E-state index < -0.39 is 0 Å². The zero-order valence-electron chi connectivity index (χ0n) is 16.0. The molecule has 0 spiro atoms. The van der Waals surface area contributed by atoms with Crippen LogP contribution in [0.25, 0.3) is 22.5 Å². The van der Waals surface area contributed by atoms with Crippen molar-refractivity contribution in [1.29, 1.82) is 5.26 Å². The van der Waals surface area contributed by atoms with Crippen LogP contribution in [0.15, 0.2) is 54.7 Å². The van der Waals surface area contributed by atoms with E-state index in [1.807, 2.05) is 55.5 Å². The highest BCUT2D eigenvalue weighted by atomic mass is 16.5. The number of ether oxygens (including phenoxy) is 1. The van der Waals surface area contributed by atoms with E-state index in [1.54, 1.807) is 13.1 Å². The molecule has 5 nitrogen and oxygen atoms in total. The number of aryl methyl sites for hydroxylation is 1. The number of rotatable bonds is 7. The second-order valence-corrected chi connectivity index (χ2v) is 6.58. The molecule has 0 saturated heterocycles. The number of Topliss-reactive ketones (excluding diaryl/α,β-unsaturated/α-hetero) is 1. The summed E-state index contributed by atoms with van der Waals surface area (Å²) in [5, 5.41) is 9.78. The Morgan fingerprint density at radius 1 is 1.14 bits per heavy atom. The van der Waals surface area contributed by atoms with Crippen LogP contribution in [0.2, 0.25) is 0 Å². The predicted molar refractivity (Wildman–Crippen MR) is 108 cm³/mol. The lowest BCUT2D eigenvalue weighted by atomic mass is 9.99. The summed E-state index contributed by atoms with van der Waals surface area (Å²) in [5.41, 5.74) is 4.52. The topological polar surface area (TPSA) is 75.9 Å². The minimum atomic E-state index is 0.111. The van der Waals surface area contributed by atoms with E-state index in [2.05, 4.69) is 16.0 Å². The number of carbonyl (C=O) groups is 1. The van der Waals surface area contributed by atoms with E-state index >= 15 is 0 Å². The van der Waals surface area contributed by atoms with Crippen molar-refractivity contribution in [3.63, 3.8) is 0 Å². The van der Waals surface area contributed by atoms with Crippen LogP contribution in [0.5, 0.6) is 5.88 Å². The third kappa shape index (κ3) is 4.60. The molecule has 0 saturated carbocycles. The molecule has 0 N–H and O–H groups in total. The van der Waals surface area contributed by atoms with Gasteiger partial charge in [-0.3, -0.25) is 4.98 Å². The molecule has 2 heterocycles. The molecule has 0 aliphatic carbocycles. The van der Waals surface area contributed by atoms with E-state index in [4.69, 9.17) is 4.74 Å². The molecule has 3 rings (SSSR count). The van der Waals surface area contributed by atoms with Crippen LogP contribution in [0.1, 0.15) is 30.9 Å². The lowest BCUT2D eigenvalue weighted by Crippen LogP contribution is -2.05. The van der Waals surface area contributed by atoms with Gasteiger partial charge in [0.15, 0.2) is 0 Å². The minimum absolute atomic E-state index is 0.111. The van der Waals surface area contributed by atoms with Gasteiger partial charge in [-0.2, -0.15) is 5.26 Å². The predicted octanol–water partition coefficient (Wildman–Crippen LogP) is 4.74. The first kappa shape index (κ1) is 19.2. The van der Waals surface area contributed by atoms with Crippen molar-refractivity contribution in [2.24, 2.45) is 0 Å². The fourth-order valence-electron chi connectivity index (χ4n) is 2.83. The van der Waals surface area contributed by atoms with Crippen LogP contribution in [-0.4, -0.2) is 22.4 Å². The fourth-order valence-corrected chi connectivity index (χ4v) is 2.83. The van der Waals surface area contributed by atoms with Crippen LogP contribution in [0.4, 0.5) is 0 Å². The van der Waals surface area contributed by atoms with Gasteiger partial charge in [-0.05, 0) is 44.0 Å². The fraction of sp³-hybridized carbons (Fsp3) is 0.217. The molecule has 0 aliphatic heterocycles. The summed E-state index contributed by atoms with van der Waals surface area (Å²) in [6, 6.07) is 17.7. The molecule has 3 aromatic rings. The summed E-state index contributed by atoms with van der Waals surface area (Å²) in [6.07, 6.45) is 2.72. The molecule has 140 valence electrons. The van der Waals surface area contributed by atoms with Gasteiger partial charge in [0, 0.05) is 18.2 Å². The van der Waals surface area contributed by atoms with E-state index in [1.165, 1.54) is 0 Å². The first-order valence-electron chi connectivity index (χ1n) is 9.14. The number of ketones is 1. The zero-order valence-corrected chi connectivity index (χ0v) is 16.0. The molecule has 28 heavy (non-hydrogen) atoms. The second-order valence-electron chi connectivity index (χ2n) is 6.58. The van der Waals surface area contributed by atoms with Gasteiger partial charge >= 0.3 is 0 Å². The van der Waals surface area contributed by atoms with Crippen LogP contribution in [-0.2, 0) is 4.79 Å². The van der Waals surface area contributed by atoms with Gasteiger partial charge in [-0.25, -0.2) is 4.98 Å². The second kappa shape index (κ2) is 8.92. The summed E-state index contributed by atoms with van der Waals surface area (Å²) >= 11 is 0. The van der Waals surface area contributed by atoms with Gasteiger partial charge in [-0.15, -0.1) is 0 Å². The van der Waals surface area contributed by atoms with Gasteiger partial charge in [0.1, 0.15) is 17.4 Å². The minimum Gasteiger partial charge on any atom is -0.477 e. The Bertz CT molecular complexity index is 1010. The number of nitriles is 1. The first-order chi connectivity index (χ1) is 13.6. The summed E-state index contributed by atoms with van der Waals surface area (Å²) in [7, 11) is 0. The van der Waals surface area contributed by atoms with Crippen molar-refractivity contribution >= 4 is 5.78 Å². The van der Waals surface area contributed by atoms with Gasteiger partial charge in [0.25, 0.3) is 0 Å². The molecule has 0 radical (unpaired) electrons. The van der Waals surface area contributed by atoms with Crippen molar-refractivity contribution in [3.8, 4) is 34.5 Å². The Balaban J connectivity index is 2.06. The Kier molecular flexibility index (Phi) is 6.13. The number of nitrogens with zero attached hydrogens (tertiary/aromatic N) is 3. The SMILES string of the molecule is CC(=O)CCCOc1nc(-c2ccccn2)cc(-c2ccc(C)cc2)c1C#N. The van der Waals surface area contributed by atoms with Crippen molar-refractivity contribution in [2.45, 2.75) is 26.7 Å². The van der Waals surface area contributed by atoms with E-state index in [9.17, 15) is 10.1 Å². The molecule has 1 aromatic carbocycles. The van der Waals surface area contributed by atoms with Crippen molar-refractivity contribution in [3.05, 3.63) is 65.9 Å². The first-order valence-corrected chi connectivity index (χ1v) is 9.14. The van der Waals surface area contributed by atoms with E-state index in [0.717, 1.165) is 16.7 Å². The quantitative estimate of drug-likeness (QED) is 0.561. The molecule has 0 atom stereocenters. The maximum absolute atomic E-state index is 11.2. The normalized spacial score (nSPS) is 10.3. The smallest absolute Gasteiger partial charge is 0.232 e. The largest absolute Gasteiger partial charge is 0.477 e. The Hall–Kier alpha value is -3.52. The van der Waals surface area contributed by atoms with Crippen molar-refractivity contribution < 1.29 is 9.53 Å². The average Bonchev–Trinajstić information content (AvgIpc) is 2.71. The van der Waals surface area contributed by atoms with Crippen LogP contribution in [0, 0.1) is 18.3 Å². The molecular formula is C23H21N3O2. The molecule has 0 bridgehead atoms. The third-order valence-electron chi connectivity index (χ3n) is 4.30. The maximum Gasteiger partial charge on any atom is 0.232 e. The lowest BCUT2D eigenvalue weighted by Gasteiger charge is -2.13. The van der Waals surface area contributed by atoms with Gasteiger partial charge in [-0.1, -0.05) is 35.9 Å². The highest BCUT2D eigenvalue weighted by molar-refractivity contribution is 5.77. The molecule has 0 unspecified atom stereocenters. The number of hydrogen-bond donors (Lipinski definition) is 0. The van der Waals surface area contributed by atoms with Gasteiger partial charge < -0.3 is 9.53 Å². The Labute approximate surface area is 164 Å². The highest BCUT2D eigenvalue weighted by Gasteiger charge is 2.17. The molecule has 0 amide bonds. The summed E-state index contributed by atoms with van der Waals surface area (Å²) in [6.45, 7) is 3.89. The maximum atomic E-state index is 11.2. The van der Waals surface area contributed by atoms with Crippen molar-refractivity contribution in [1.82, 2.24) is 9.97 Å². The average molecular weight is 371 g/mol. The van der Waals surface area contributed by atoms with Crippen LogP contribution in [0.3, 0.4) is 0 Å². The third-order valence-corrected chi connectivity index (χ3v) is 4.30.